The zero-order valence-corrected chi connectivity index (χ0v) is 16.4. The lowest BCUT2D eigenvalue weighted by Crippen LogP contribution is -2.75. The van der Waals surface area contributed by atoms with Crippen molar-refractivity contribution in [3.05, 3.63) is 35.4 Å². The van der Waals surface area contributed by atoms with Gasteiger partial charge in [0, 0.05) is 25.1 Å². The zero-order valence-electron chi connectivity index (χ0n) is 16.4. The Morgan fingerprint density at radius 2 is 2.21 bits per heavy atom. The third kappa shape index (κ3) is 1.97. The largest absolute Gasteiger partial charge is 0.481 e. The molecule has 1 aromatic carbocycles. The van der Waals surface area contributed by atoms with Crippen molar-refractivity contribution in [2.24, 2.45) is 5.92 Å². The normalized spacial score (nSPS) is 38.0. The van der Waals surface area contributed by atoms with Gasteiger partial charge >= 0.3 is 5.97 Å². The Morgan fingerprint density at radius 3 is 2.96 bits per heavy atom. The number of rotatable bonds is 3. The fourth-order valence-electron chi connectivity index (χ4n) is 6.62. The minimum atomic E-state index is -0.820. The molecule has 148 valence electrons. The lowest BCUT2D eigenvalue weighted by molar-refractivity contribution is -0.174. The topological polar surface area (TPSA) is 59.0 Å². The molecule has 5 aliphatic rings. The molecule has 0 amide bonds. The number of hydrogen-bond donors (Lipinski definition) is 1. The predicted molar refractivity (Wildman–Crippen MR) is 104 cm³/mol. The third-order valence-electron chi connectivity index (χ3n) is 7.95. The van der Waals surface area contributed by atoms with Gasteiger partial charge in [-0.15, -0.1) is 0 Å². The van der Waals surface area contributed by atoms with E-state index in [1.165, 1.54) is 25.3 Å². The van der Waals surface area contributed by atoms with E-state index in [2.05, 4.69) is 17.5 Å². The van der Waals surface area contributed by atoms with E-state index in [0.29, 0.717) is 11.5 Å². The first-order valence-electron chi connectivity index (χ1n) is 10.6. The first-order chi connectivity index (χ1) is 13.4. The Balaban J connectivity index is 1.54. The van der Waals surface area contributed by atoms with Crippen LogP contribution in [0.25, 0.3) is 0 Å². The Hall–Kier alpha value is -1.85. The van der Waals surface area contributed by atoms with Gasteiger partial charge in [0.25, 0.3) is 0 Å². The lowest BCUT2D eigenvalue weighted by atomic mass is 9.48. The van der Waals surface area contributed by atoms with Crippen LogP contribution in [0.15, 0.2) is 24.3 Å². The maximum absolute atomic E-state index is 12.2. The highest BCUT2D eigenvalue weighted by molar-refractivity contribution is 5.73. The van der Waals surface area contributed by atoms with Crippen LogP contribution in [0.4, 0.5) is 0 Å². The van der Waals surface area contributed by atoms with Crippen LogP contribution < -0.4 is 9.47 Å². The van der Waals surface area contributed by atoms with E-state index in [9.17, 15) is 9.90 Å². The van der Waals surface area contributed by atoms with E-state index in [4.69, 9.17) is 9.47 Å². The van der Waals surface area contributed by atoms with E-state index >= 15 is 0 Å². The van der Waals surface area contributed by atoms with Crippen molar-refractivity contribution in [3.8, 4) is 11.5 Å². The van der Waals surface area contributed by atoms with Crippen molar-refractivity contribution >= 4 is 5.97 Å². The number of benzene rings is 1. The van der Waals surface area contributed by atoms with Gasteiger partial charge in [-0.05, 0) is 68.2 Å². The summed E-state index contributed by atoms with van der Waals surface area (Å²) in [6.07, 6.45) is 5.61. The summed E-state index contributed by atoms with van der Waals surface area (Å²) in [5.74, 6) is 1.58. The number of likely N-dealkylation sites (tertiary alicyclic amines) is 1. The summed E-state index contributed by atoms with van der Waals surface area (Å²) in [6, 6.07) is 4.06. The molecule has 0 radical (unpaired) electrons. The average molecular weight is 381 g/mol. The Kier molecular flexibility index (Phi) is 3.28. The van der Waals surface area contributed by atoms with Crippen LogP contribution in [-0.4, -0.2) is 46.8 Å². The molecule has 5 heteroatoms. The van der Waals surface area contributed by atoms with Crippen LogP contribution in [0.2, 0.25) is 0 Å². The molecule has 1 aromatic rings. The standard InChI is InChI=1S/C23H27NO4/c1-13-7-8-23(26)18-11-16-5-6-17(27-14(2)25)20-19(16)22(23,21(13)28-20)9-10-24(18)12-15-3-4-15/h5-6,15,18,21,26H,1,3-4,7-12H2,2H3/t18?,21-,22-,23+/m0/s1. The van der Waals surface area contributed by atoms with E-state index in [1.54, 1.807) is 0 Å². The highest BCUT2D eigenvalue weighted by Gasteiger charge is 2.72. The molecular weight excluding hydrogens is 354 g/mol. The van der Waals surface area contributed by atoms with Crippen LogP contribution in [0.5, 0.6) is 11.5 Å². The number of esters is 1. The minimum absolute atomic E-state index is 0.124. The summed E-state index contributed by atoms with van der Waals surface area (Å²) in [5.41, 5.74) is 2.09. The van der Waals surface area contributed by atoms with Gasteiger partial charge in [0.2, 0.25) is 0 Å². The Bertz CT molecular complexity index is 906. The highest BCUT2D eigenvalue weighted by atomic mass is 16.6. The third-order valence-corrected chi connectivity index (χ3v) is 7.95. The summed E-state index contributed by atoms with van der Waals surface area (Å²) in [7, 11) is 0. The monoisotopic (exact) mass is 381 g/mol. The average Bonchev–Trinajstić information content (AvgIpc) is 3.38. The maximum atomic E-state index is 12.2. The Morgan fingerprint density at radius 1 is 1.39 bits per heavy atom. The van der Waals surface area contributed by atoms with Gasteiger partial charge in [0.1, 0.15) is 6.10 Å². The smallest absolute Gasteiger partial charge is 0.308 e. The summed E-state index contributed by atoms with van der Waals surface area (Å²) in [5, 5.41) is 12.2. The second-order valence-electron chi connectivity index (χ2n) is 9.48. The summed E-state index contributed by atoms with van der Waals surface area (Å²) < 4.78 is 11.9. The van der Waals surface area contributed by atoms with Crippen LogP contribution in [0.1, 0.15) is 50.2 Å². The first kappa shape index (κ1) is 17.0. The molecule has 4 atom stereocenters. The summed E-state index contributed by atoms with van der Waals surface area (Å²) >= 11 is 0. The molecule has 1 N–H and O–H groups in total. The van der Waals surface area contributed by atoms with Crippen molar-refractivity contribution < 1.29 is 19.4 Å². The fourth-order valence-corrected chi connectivity index (χ4v) is 6.62. The molecule has 0 aromatic heterocycles. The van der Waals surface area contributed by atoms with E-state index in [1.807, 2.05) is 6.07 Å². The molecule has 3 aliphatic carbocycles. The molecule has 2 saturated carbocycles. The van der Waals surface area contributed by atoms with Gasteiger partial charge in [-0.25, -0.2) is 0 Å². The number of carbonyl (C=O) groups is 1. The second-order valence-corrected chi connectivity index (χ2v) is 9.48. The van der Waals surface area contributed by atoms with Gasteiger partial charge in [0.15, 0.2) is 11.5 Å². The summed E-state index contributed by atoms with van der Waals surface area (Å²) in [6.45, 7) is 7.80. The number of aliphatic hydroxyl groups is 1. The molecule has 6 rings (SSSR count). The van der Waals surface area contributed by atoms with Gasteiger partial charge < -0.3 is 14.6 Å². The quantitative estimate of drug-likeness (QED) is 0.496. The molecular formula is C23H27NO4. The van der Waals surface area contributed by atoms with Crippen LogP contribution in [0, 0.1) is 5.92 Å². The molecule has 2 bridgehead atoms. The molecule has 28 heavy (non-hydrogen) atoms. The number of nitrogens with zero attached hydrogens (tertiary/aromatic N) is 1. The van der Waals surface area contributed by atoms with Crippen molar-refractivity contribution in [1.29, 1.82) is 0 Å². The Labute approximate surface area is 165 Å². The molecule has 2 heterocycles. The fraction of sp³-hybridized carbons (Fsp3) is 0.609. The number of piperidine rings is 1. The summed E-state index contributed by atoms with van der Waals surface area (Å²) in [4.78, 5) is 14.2. The van der Waals surface area contributed by atoms with Gasteiger partial charge in [-0.2, -0.15) is 0 Å². The van der Waals surface area contributed by atoms with E-state index < -0.39 is 11.0 Å². The van der Waals surface area contributed by atoms with Crippen LogP contribution in [0.3, 0.4) is 0 Å². The van der Waals surface area contributed by atoms with Crippen molar-refractivity contribution in [2.75, 3.05) is 13.1 Å². The van der Waals surface area contributed by atoms with Gasteiger partial charge in [0.05, 0.1) is 11.0 Å². The highest BCUT2D eigenvalue weighted by Crippen LogP contribution is 2.66. The molecule has 1 saturated heterocycles. The molecule has 1 spiro atoms. The van der Waals surface area contributed by atoms with Crippen LogP contribution in [-0.2, 0) is 16.6 Å². The van der Waals surface area contributed by atoms with Gasteiger partial charge in [-0.3, -0.25) is 9.69 Å². The molecule has 3 fully saturated rings. The van der Waals surface area contributed by atoms with Crippen LogP contribution >= 0.6 is 0 Å². The van der Waals surface area contributed by atoms with Gasteiger partial charge in [-0.1, -0.05) is 12.6 Å². The molecule has 2 aliphatic heterocycles. The second kappa shape index (κ2) is 5.39. The zero-order chi connectivity index (χ0) is 19.3. The van der Waals surface area contributed by atoms with E-state index in [-0.39, 0.29) is 18.1 Å². The van der Waals surface area contributed by atoms with E-state index in [0.717, 1.165) is 55.8 Å². The number of carbonyl (C=O) groups excluding carboxylic acids is 1. The molecule has 1 unspecified atom stereocenters. The molecule has 5 nitrogen and oxygen atoms in total. The SMILES string of the molecule is C=C1CC[C@@]2(O)C3Cc4ccc(OC(C)=O)c5c4[C@@]2(CCN3CC2CC2)[C@H]1O5. The maximum Gasteiger partial charge on any atom is 0.308 e. The first-order valence-corrected chi connectivity index (χ1v) is 10.6. The number of ether oxygens (including phenoxy) is 2. The van der Waals surface area contributed by atoms with Crippen molar-refractivity contribution in [1.82, 2.24) is 4.90 Å². The van der Waals surface area contributed by atoms with Crippen molar-refractivity contribution in [3.63, 3.8) is 0 Å². The lowest BCUT2D eigenvalue weighted by Gasteiger charge is -2.63. The number of hydrogen-bond acceptors (Lipinski definition) is 5. The predicted octanol–water partition coefficient (Wildman–Crippen LogP) is 2.73. The van der Waals surface area contributed by atoms with Crippen molar-refractivity contribution in [2.45, 2.75) is 68.6 Å². The minimum Gasteiger partial charge on any atom is -0.481 e.